The van der Waals surface area contributed by atoms with Gasteiger partial charge < -0.3 is 10.2 Å². The number of hydrogen-bond acceptors (Lipinski definition) is 3. The smallest absolute Gasteiger partial charge is 0.278 e. The molecule has 2 fully saturated rings. The van der Waals surface area contributed by atoms with Gasteiger partial charge in [-0.2, -0.15) is 0 Å². The predicted molar refractivity (Wildman–Crippen MR) is 103 cm³/mol. The van der Waals surface area contributed by atoms with Crippen molar-refractivity contribution in [2.24, 2.45) is 0 Å². The lowest BCUT2D eigenvalue weighted by Gasteiger charge is -2.33. The van der Waals surface area contributed by atoms with Crippen molar-refractivity contribution in [3.8, 4) is 0 Å². The Kier molecular flexibility index (Phi) is 6.25. The highest BCUT2D eigenvalue weighted by Gasteiger charge is 2.39. The van der Waals surface area contributed by atoms with E-state index in [9.17, 15) is 13.2 Å². The number of rotatable bonds is 6. The third kappa shape index (κ3) is 4.59. The van der Waals surface area contributed by atoms with Crippen molar-refractivity contribution in [2.75, 3.05) is 18.1 Å². The first-order chi connectivity index (χ1) is 12.4. The molecule has 1 heterocycles. The molecule has 1 aromatic rings. The van der Waals surface area contributed by atoms with E-state index in [0.717, 1.165) is 31.2 Å². The molecule has 0 aromatic heterocycles. The van der Waals surface area contributed by atoms with Gasteiger partial charge in [0.05, 0.1) is 11.5 Å². The first kappa shape index (κ1) is 19.6. The number of nitrogens with zero attached hydrogens (tertiary/aromatic N) is 1. The number of sulfone groups is 1. The fourth-order valence-electron chi connectivity index (χ4n) is 4.24. The number of halogens is 1. The van der Waals surface area contributed by atoms with Crippen LogP contribution in [0.15, 0.2) is 24.3 Å². The molecule has 2 atom stereocenters. The van der Waals surface area contributed by atoms with Gasteiger partial charge in [0.2, 0.25) is 0 Å². The van der Waals surface area contributed by atoms with E-state index in [0.29, 0.717) is 18.0 Å². The molecule has 0 spiro atoms. The Labute approximate surface area is 161 Å². The fraction of sp³-hybridized carbons (Fsp3) is 0.632. The Morgan fingerprint density at radius 2 is 1.92 bits per heavy atom. The molecule has 1 aliphatic carbocycles. The summed E-state index contributed by atoms with van der Waals surface area (Å²) in [6.07, 6.45) is 4.79. The second kappa shape index (κ2) is 8.28. The summed E-state index contributed by atoms with van der Waals surface area (Å²) in [5.41, 5.74) is 1.01. The van der Waals surface area contributed by atoms with Crippen LogP contribution in [-0.4, -0.2) is 49.4 Å². The van der Waals surface area contributed by atoms with Gasteiger partial charge in [0, 0.05) is 22.7 Å². The maximum Gasteiger partial charge on any atom is 0.278 e. The van der Waals surface area contributed by atoms with E-state index in [-0.39, 0.29) is 35.5 Å². The van der Waals surface area contributed by atoms with E-state index in [1.54, 1.807) is 0 Å². The van der Waals surface area contributed by atoms with E-state index >= 15 is 0 Å². The summed E-state index contributed by atoms with van der Waals surface area (Å²) in [7, 11) is -3.00. The van der Waals surface area contributed by atoms with E-state index in [1.807, 2.05) is 41.4 Å². The van der Waals surface area contributed by atoms with Crippen LogP contribution >= 0.6 is 11.6 Å². The molecule has 3 rings (SSSR count). The van der Waals surface area contributed by atoms with Crippen LogP contribution in [-0.2, 0) is 14.6 Å². The lowest BCUT2D eigenvalue weighted by molar-refractivity contribution is -0.683. The quantitative estimate of drug-likeness (QED) is 0.794. The zero-order valence-corrected chi connectivity index (χ0v) is 16.8. The Hall–Kier alpha value is -1.11. The van der Waals surface area contributed by atoms with Gasteiger partial charge in [0.1, 0.15) is 6.04 Å². The van der Waals surface area contributed by atoms with E-state index in [2.05, 4.69) is 0 Å². The van der Waals surface area contributed by atoms with Crippen molar-refractivity contribution in [3.63, 3.8) is 0 Å². The third-order valence-electron chi connectivity index (χ3n) is 5.65. The minimum absolute atomic E-state index is 0.0536. The number of quaternary nitrogens is 1. The van der Waals surface area contributed by atoms with Crippen LogP contribution in [0.4, 0.5) is 0 Å². The van der Waals surface area contributed by atoms with Gasteiger partial charge in [0.25, 0.3) is 5.91 Å². The van der Waals surface area contributed by atoms with Crippen LogP contribution in [0.1, 0.15) is 50.6 Å². The summed E-state index contributed by atoms with van der Waals surface area (Å²) in [4.78, 5) is 14.9. The Morgan fingerprint density at radius 3 is 2.54 bits per heavy atom. The summed E-state index contributed by atoms with van der Waals surface area (Å²) < 4.78 is 23.8. The third-order valence-corrected chi connectivity index (χ3v) is 7.74. The molecule has 1 aliphatic heterocycles. The molecule has 1 saturated heterocycles. The number of hydrogen-bond donors (Lipinski definition) is 1. The minimum Gasteiger partial charge on any atom is -0.332 e. The molecule has 0 unspecified atom stereocenters. The van der Waals surface area contributed by atoms with Gasteiger partial charge in [-0.3, -0.25) is 4.79 Å². The van der Waals surface area contributed by atoms with Crippen LogP contribution in [0, 0.1) is 0 Å². The lowest BCUT2D eigenvalue weighted by atomic mass is 10.1. The zero-order valence-electron chi connectivity index (χ0n) is 15.2. The molecule has 0 bridgehead atoms. The van der Waals surface area contributed by atoms with Gasteiger partial charge >= 0.3 is 0 Å². The number of carbonyl (C=O) groups excluding carboxylic acids is 1. The summed E-state index contributed by atoms with van der Waals surface area (Å²) in [6, 6.07) is 7.80. The molecule has 5 nitrogen and oxygen atoms in total. The van der Waals surface area contributed by atoms with E-state index in [1.165, 1.54) is 0 Å². The van der Waals surface area contributed by atoms with Crippen LogP contribution in [0.2, 0.25) is 5.02 Å². The standard InChI is InChI=1S/C19H27ClN2O3S/c1-14(17-8-4-5-9-18(17)20)21-12-19(23)22(15-6-2-3-7-15)16-10-11-26(24,25)13-16/h4-5,8-9,14-16,21H,2-3,6-7,10-13H2,1H3/p+1/t14-,16+/m1/s1. The van der Waals surface area contributed by atoms with Crippen molar-refractivity contribution in [1.82, 2.24) is 4.90 Å². The number of nitrogens with two attached hydrogens (primary N) is 1. The van der Waals surface area contributed by atoms with Crippen molar-refractivity contribution >= 4 is 27.3 Å². The van der Waals surface area contributed by atoms with Crippen LogP contribution in [0.5, 0.6) is 0 Å². The Bertz CT molecular complexity index is 747. The van der Waals surface area contributed by atoms with E-state index in [4.69, 9.17) is 11.6 Å². The molecular weight excluding hydrogens is 372 g/mol. The molecule has 144 valence electrons. The summed E-state index contributed by atoms with van der Waals surface area (Å²) >= 11 is 6.25. The summed E-state index contributed by atoms with van der Waals surface area (Å²) in [5.74, 6) is 0.376. The highest BCUT2D eigenvalue weighted by atomic mass is 35.5. The normalized spacial score (nSPS) is 23.8. The SMILES string of the molecule is C[C@@H]([NH2+]CC(=O)N(C1CCCC1)[C@H]1CCS(=O)(=O)C1)c1ccccc1Cl. The van der Waals surface area contributed by atoms with Gasteiger partial charge in [0.15, 0.2) is 16.4 Å². The second-order valence-corrected chi connectivity index (χ2v) is 10.2. The second-order valence-electron chi connectivity index (χ2n) is 7.55. The highest BCUT2D eigenvalue weighted by molar-refractivity contribution is 7.91. The van der Waals surface area contributed by atoms with E-state index < -0.39 is 9.84 Å². The summed E-state index contributed by atoms with van der Waals surface area (Å²) in [5, 5.41) is 2.70. The molecule has 0 radical (unpaired) electrons. The molecule has 1 amide bonds. The highest BCUT2D eigenvalue weighted by Crippen LogP contribution is 2.29. The monoisotopic (exact) mass is 399 g/mol. The molecular formula is C19H28ClN2O3S+. The Balaban J connectivity index is 1.67. The maximum absolute atomic E-state index is 13.0. The topological polar surface area (TPSA) is 71.1 Å². The average Bonchev–Trinajstić information content (AvgIpc) is 3.23. The van der Waals surface area contributed by atoms with Gasteiger partial charge in [-0.15, -0.1) is 0 Å². The first-order valence-corrected chi connectivity index (χ1v) is 11.7. The number of carbonyl (C=O) groups is 1. The number of amides is 1. The maximum atomic E-state index is 13.0. The molecule has 2 N–H and O–H groups in total. The molecule has 1 aromatic carbocycles. The fourth-order valence-corrected chi connectivity index (χ4v) is 6.26. The predicted octanol–water partition coefficient (Wildman–Crippen LogP) is 1.92. The molecule has 26 heavy (non-hydrogen) atoms. The van der Waals surface area contributed by atoms with Crippen molar-refractivity contribution in [2.45, 2.75) is 57.2 Å². The van der Waals surface area contributed by atoms with Gasteiger partial charge in [-0.05, 0) is 32.3 Å². The Morgan fingerprint density at radius 1 is 1.23 bits per heavy atom. The largest absolute Gasteiger partial charge is 0.332 e. The van der Waals surface area contributed by atoms with Crippen LogP contribution in [0.25, 0.3) is 0 Å². The minimum atomic E-state index is -3.00. The zero-order chi connectivity index (χ0) is 18.7. The van der Waals surface area contributed by atoms with Gasteiger partial charge in [-0.25, -0.2) is 8.42 Å². The van der Waals surface area contributed by atoms with Crippen molar-refractivity contribution < 1.29 is 18.5 Å². The number of benzene rings is 1. The molecule has 7 heteroatoms. The van der Waals surface area contributed by atoms with Gasteiger partial charge in [-0.1, -0.05) is 42.6 Å². The van der Waals surface area contributed by atoms with Crippen LogP contribution < -0.4 is 5.32 Å². The summed E-state index contributed by atoms with van der Waals surface area (Å²) in [6.45, 7) is 2.36. The van der Waals surface area contributed by atoms with Crippen molar-refractivity contribution in [3.05, 3.63) is 34.9 Å². The molecule has 1 saturated carbocycles. The molecule has 2 aliphatic rings. The first-order valence-electron chi connectivity index (χ1n) is 9.47. The van der Waals surface area contributed by atoms with Crippen molar-refractivity contribution in [1.29, 1.82) is 0 Å². The van der Waals surface area contributed by atoms with Crippen LogP contribution in [0.3, 0.4) is 0 Å². The lowest BCUT2D eigenvalue weighted by Crippen LogP contribution is -2.87. The average molecular weight is 400 g/mol.